The summed E-state index contributed by atoms with van der Waals surface area (Å²) in [5.41, 5.74) is 4.75. The molecule has 3 aromatic rings. The highest BCUT2D eigenvalue weighted by atomic mass is 16.2. The van der Waals surface area contributed by atoms with E-state index in [1.54, 1.807) is 0 Å². The van der Waals surface area contributed by atoms with E-state index in [-0.39, 0.29) is 11.8 Å². The molecule has 2 amide bonds. The number of rotatable bonds is 7. The molecule has 0 aliphatic heterocycles. The molecular formula is C23H29N5O2. The fraction of sp³-hybridized carbons (Fsp3) is 0.478. The van der Waals surface area contributed by atoms with Crippen molar-refractivity contribution in [3.63, 3.8) is 0 Å². The predicted octanol–water partition coefficient (Wildman–Crippen LogP) is 3.00. The SMILES string of the molecule is Cc1nc2c3ccccc3nn2c(C)c1CCC(=O)NCCC(=O)NC1CCCC1. The van der Waals surface area contributed by atoms with Crippen molar-refractivity contribution < 1.29 is 9.59 Å². The monoisotopic (exact) mass is 407 g/mol. The maximum Gasteiger partial charge on any atom is 0.221 e. The molecule has 7 heteroatoms. The Hall–Kier alpha value is -2.96. The van der Waals surface area contributed by atoms with E-state index in [9.17, 15) is 9.59 Å². The fourth-order valence-corrected chi connectivity index (χ4v) is 4.35. The van der Waals surface area contributed by atoms with E-state index >= 15 is 0 Å². The number of benzene rings is 1. The van der Waals surface area contributed by atoms with Gasteiger partial charge < -0.3 is 10.6 Å². The smallest absolute Gasteiger partial charge is 0.221 e. The highest BCUT2D eigenvalue weighted by molar-refractivity contribution is 5.92. The molecule has 0 bridgehead atoms. The number of hydrogen-bond acceptors (Lipinski definition) is 4. The second kappa shape index (κ2) is 8.81. The Bertz CT molecular complexity index is 1080. The lowest BCUT2D eigenvalue weighted by Gasteiger charge is -2.13. The quantitative estimate of drug-likeness (QED) is 0.630. The first kappa shape index (κ1) is 20.3. The second-order valence-electron chi connectivity index (χ2n) is 8.16. The predicted molar refractivity (Wildman–Crippen MR) is 116 cm³/mol. The highest BCUT2D eigenvalue weighted by Crippen LogP contribution is 2.23. The number of aromatic nitrogens is 3. The van der Waals surface area contributed by atoms with E-state index in [2.05, 4.69) is 15.7 Å². The first-order valence-electron chi connectivity index (χ1n) is 10.8. The van der Waals surface area contributed by atoms with E-state index in [4.69, 9.17) is 4.98 Å². The van der Waals surface area contributed by atoms with Crippen molar-refractivity contribution in [1.82, 2.24) is 25.2 Å². The van der Waals surface area contributed by atoms with Gasteiger partial charge in [0.2, 0.25) is 11.8 Å². The van der Waals surface area contributed by atoms with Crippen LogP contribution in [0.5, 0.6) is 0 Å². The van der Waals surface area contributed by atoms with Crippen molar-refractivity contribution >= 4 is 28.4 Å². The van der Waals surface area contributed by atoms with Crippen LogP contribution in [0.2, 0.25) is 0 Å². The van der Waals surface area contributed by atoms with Gasteiger partial charge >= 0.3 is 0 Å². The Kier molecular flexibility index (Phi) is 5.97. The molecule has 2 N–H and O–H groups in total. The van der Waals surface area contributed by atoms with Crippen LogP contribution in [0.25, 0.3) is 16.6 Å². The molecule has 2 heterocycles. The van der Waals surface area contributed by atoms with Gasteiger partial charge in [0.25, 0.3) is 0 Å². The fourth-order valence-electron chi connectivity index (χ4n) is 4.35. The Morgan fingerprint density at radius 2 is 1.87 bits per heavy atom. The summed E-state index contributed by atoms with van der Waals surface area (Å²) in [5.74, 6) is -0.0255. The minimum Gasteiger partial charge on any atom is -0.356 e. The Morgan fingerprint density at radius 1 is 1.10 bits per heavy atom. The summed E-state index contributed by atoms with van der Waals surface area (Å²) >= 11 is 0. The van der Waals surface area contributed by atoms with Crippen molar-refractivity contribution in [3.05, 3.63) is 41.2 Å². The number of hydrogen-bond donors (Lipinski definition) is 2. The Balaban J connectivity index is 1.33. The van der Waals surface area contributed by atoms with Gasteiger partial charge in [-0.1, -0.05) is 25.0 Å². The van der Waals surface area contributed by atoms with E-state index in [0.29, 0.717) is 31.8 Å². The molecule has 0 saturated heterocycles. The van der Waals surface area contributed by atoms with Gasteiger partial charge in [0.05, 0.1) is 5.52 Å². The minimum atomic E-state index is -0.0480. The molecule has 0 spiro atoms. The third kappa shape index (κ3) is 4.30. The van der Waals surface area contributed by atoms with E-state index < -0.39 is 0 Å². The highest BCUT2D eigenvalue weighted by Gasteiger charge is 2.17. The maximum absolute atomic E-state index is 12.3. The number of carbonyl (C=O) groups is 2. The molecule has 7 nitrogen and oxygen atoms in total. The van der Waals surface area contributed by atoms with Gasteiger partial charge in [-0.3, -0.25) is 9.59 Å². The van der Waals surface area contributed by atoms with Crippen molar-refractivity contribution in [2.75, 3.05) is 6.54 Å². The first-order chi connectivity index (χ1) is 14.5. The molecule has 158 valence electrons. The number of aryl methyl sites for hydroxylation is 2. The van der Waals surface area contributed by atoms with Gasteiger partial charge in [-0.05, 0) is 50.8 Å². The van der Waals surface area contributed by atoms with Gasteiger partial charge in [-0.25, -0.2) is 9.50 Å². The molecule has 1 fully saturated rings. The second-order valence-corrected chi connectivity index (χ2v) is 8.16. The van der Waals surface area contributed by atoms with Crippen LogP contribution in [0.1, 0.15) is 55.5 Å². The van der Waals surface area contributed by atoms with Crippen LogP contribution in [0, 0.1) is 13.8 Å². The third-order valence-electron chi connectivity index (χ3n) is 6.01. The van der Waals surface area contributed by atoms with E-state index in [0.717, 1.165) is 46.3 Å². The zero-order valence-corrected chi connectivity index (χ0v) is 17.7. The largest absolute Gasteiger partial charge is 0.356 e. The normalized spacial score (nSPS) is 14.5. The first-order valence-corrected chi connectivity index (χ1v) is 10.8. The van der Waals surface area contributed by atoms with Crippen LogP contribution in [-0.4, -0.2) is 39.0 Å². The summed E-state index contributed by atoms with van der Waals surface area (Å²) in [6.45, 7) is 4.38. The average Bonchev–Trinajstić information content (AvgIpc) is 3.36. The van der Waals surface area contributed by atoms with Crippen molar-refractivity contribution in [1.29, 1.82) is 0 Å². The molecule has 2 aromatic heterocycles. The summed E-state index contributed by atoms with van der Waals surface area (Å²) in [6.07, 6.45) is 5.80. The molecular weight excluding hydrogens is 378 g/mol. The molecule has 1 saturated carbocycles. The van der Waals surface area contributed by atoms with Gasteiger partial charge in [-0.2, -0.15) is 5.10 Å². The van der Waals surface area contributed by atoms with Crippen LogP contribution in [0.3, 0.4) is 0 Å². The van der Waals surface area contributed by atoms with E-state index in [1.807, 2.05) is 42.6 Å². The van der Waals surface area contributed by atoms with E-state index in [1.165, 1.54) is 12.8 Å². The Morgan fingerprint density at radius 3 is 2.67 bits per heavy atom. The standard InChI is InChI=1S/C23H29N5O2/c1-15-18(16(2)28-23(25-15)19-9-5-6-10-20(19)27-28)11-12-21(29)24-14-13-22(30)26-17-7-3-4-8-17/h5-6,9-10,17H,3-4,7-8,11-14H2,1-2H3,(H,24,29)(H,26,30). The number of fused-ring (bicyclic) bond motifs is 3. The number of carbonyl (C=O) groups excluding carboxylic acids is 2. The molecule has 0 atom stereocenters. The van der Waals surface area contributed by atoms with Crippen LogP contribution in [0.15, 0.2) is 24.3 Å². The van der Waals surface area contributed by atoms with Gasteiger partial charge in [0, 0.05) is 42.2 Å². The van der Waals surface area contributed by atoms with Crippen molar-refractivity contribution in [2.24, 2.45) is 0 Å². The molecule has 4 rings (SSSR count). The number of nitrogens with zero attached hydrogens (tertiary/aromatic N) is 3. The molecule has 1 aliphatic carbocycles. The van der Waals surface area contributed by atoms with Crippen LogP contribution in [0.4, 0.5) is 0 Å². The molecule has 0 radical (unpaired) electrons. The minimum absolute atomic E-state index is 0.0225. The number of nitrogens with one attached hydrogen (secondary N) is 2. The van der Waals surface area contributed by atoms with Gasteiger partial charge in [0.1, 0.15) is 0 Å². The van der Waals surface area contributed by atoms with Crippen LogP contribution in [-0.2, 0) is 16.0 Å². The number of amides is 2. The molecule has 1 aliphatic rings. The molecule has 0 unspecified atom stereocenters. The van der Waals surface area contributed by atoms with Crippen LogP contribution < -0.4 is 10.6 Å². The summed E-state index contributed by atoms with van der Waals surface area (Å²) in [5, 5.41) is 11.6. The lowest BCUT2D eigenvalue weighted by Crippen LogP contribution is -2.35. The Labute approximate surface area is 176 Å². The molecule has 1 aromatic carbocycles. The van der Waals surface area contributed by atoms with Crippen LogP contribution >= 0.6 is 0 Å². The maximum atomic E-state index is 12.3. The zero-order valence-electron chi connectivity index (χ0n) is 17.7. The van der Waals surface area contributed by atoms with Crippen molar-refractivity contribution in [2.45, 2.75) is 64.8 Å². The van der Waals surface area contributed by atoms with Crippen molar-refractivity contribution in [3.8, 4) is 0 Å². The topological polar surface area (TPSA) is 88.4 Å². The summed E-state index contributed by atoms with van der Waals surface area (Å²) in [7, 11) is 0. The van der Waals surface area contributed by atoms with Gasteiger partial charge in [-0.15, -0.1) is 0 Å². The summed E-state index contributed by atoms with van der Waals surface area (Å²) < 4.78 is 1.87. The third-order valence-corrected chi connectivity index (χ3v) is 6.01. The van der Waals surface area contributed by atoms with Gasteiger partial charge in [0.15, 0.2) is 5.65 Å². The zero-order chi connectivity index (χ0) is 21.1. The average molecular weight is 408 g/mol. The lowest BCUT2D eigenvalue weighted by atomic mass is 10.1. The summed E-state index contributed by atoms with van der Waals surface area (Å²) in [4.78, 5) is 29.0. The summed E-state index contributed by atoms with van der Waals surface area (Å²) in [6, 6.07) is 8.29. The lowest BCUT2D eigenvalue weighted by molar-refractivity contribution is -0.122. The molecule has 30 heavy (non-hydrogen) atoms.